The first kappa shape index (κ1) is 9.71. The third-order valence-electron chi connectivity index (χ3n) is 2.44. The van der Waals surface area contributed by atoms with Crippen molar-refractivity contribution in [1.29, 1.82) is 0 Å². The number of nitrogen functional groups attached to an aromatic ring is 1. The standard InChI is InChI=1S/C11H12FN3/c1-7-10(15(2)14-11(7)13)8-3-5-9(12)6-4-8/h3-6H,1-2H3,(H2,13,14). The van der Waals surface area contributed by atoms with Crippen LogP contribution in [-0.4, -0.2) is 9.78 Å². The summed E-state index contributed by atoms with van der Waals surface area (Å²) in [7, 11) is 1.82. The van der Waals surface area contributed by atoms with Gasteiger partial charge < -0.3 is 5.73 Å². The molecular weight excluding hydrogens is 193 g/mol. The quantitative estimate of drug-likeness (QED) is 0.774. The van der Waals surface area contributed by atoms with Gasteiger partial charge in [0.25, 0.3) is 0 Å². The Kier molecular flexibility index (Phi) is 2.19. The molecule has 0 radical (unpaired) electrons. The molecule has 0 aliphatic heterocycles. The van der Waals surface area contributed by atoms with Gasteiger partial charge in [-0.15, -0.1) is 0 Å². The van der Waals surface area contributed by atoms with Crippen molar-refractivity contribution in [2.45, 2.75) is 6.92 Å². The highest BCUT2D eigenvalue weighted by Gasteiger charge is 2.11. The van der Waals surface area contributed by atoms with Crippen LogP contribution in [0.2, 0.25) is 0 Å². The summed E-state index contributed by atoms with van der Waals surface area (Å²) in [4.78, 5) is 0. The van der Waals surface area contributed by atoms with E-state index < -0.39 is 0 Å². The fourth-order valence-electron chi connectivity index (χ4n) is 1.66. The average Bonchev–Trinajstić information content (AvgIpc) is 2.44. The van der Waals surface area contributed by atoms with Crippen molar-refractivity contribution in [3.05, 3.63) is 35.6 Å². The Bertz CT molecular complexity index is 485. The van der Waals surface area contributed by atoms with Crippen molar-refractivity contribution in [3.63, 3.8) is 0 Å². The predicted octanol–water partition coefficient (Wildman–Crippen LogP) is 2.12. The Labute approximate surface area is 87.3 Å². The minimum absolute atomic E-state index is 0.244. The van der Waals surface area contributed by atoms with E-state index in [4.69, 9.17) is 5.73 Å². The van der Waals surface area contributed by atoms with Crippen LogP contribution in [0.25, 0.3) is 11.3 Å². The van der Waals surface area contributed by atoms with E-state index >= 15 is 0 Å². The highest BCUT2D eigenvalue weighted by atomic mass is 19.1. The van der Waals surface area contributed by atoms with E-state index in [1.807, 2.05) is 14.0 Å². The van der Waals surface area contributed by atoms with Crippen molar-refractivity contribution in [3.8, 4) is 11.3 Å². The van der Waals surface area contributed by atoms with E-state index in [1.54, 1.807) is 16.8 Å². The normalized spacial score (nSPS) is 10.6. The molecule has 0 fully saturated rings. The smallest absolute Gasteiger partial charge is 0.148 e. The molecule has 0 spiro atoms. The lowest BCUT2D eigenvalue weighted by atomic mass is 10.1. The van der Waals surface area contributed by atoms with Gasteiger partial charge in [-0.2, -0.15) is 5.10 Å². The number of aromatic nitrogens is 2. The number of nitrogens with two attached hydrogens (primary N) is 1. The van der Waals surface area contributed by atoms with Gasteiger partial charge >= 0.3 is 0 Å². The van der Waals surface area contributed by atoms with Crippen molar-refractivity contribution in [2.24, 2.45) is 7.05 Å². The lowest BCUT2D eigenvalue weighted by Crippen LogP contribution is -1.94. The molecule has 0 unspecified atom stereocenters. The van der Waals surface area contributed by atoms with Gasteiger partial charge in [0.1, 0.15) is 11.6 Å². The van der Waals surface area contributed by atoms with Crippen LogP contribution in [0.4, 0.5) is 10.2 Å². The molecule has 2 aromatic rings. The maximum absolute atomic E-state index is 12.8. The molecule has 2 rings (SSSR count). The van der Waals surface area contributed by atoms with E-state index in [9.17, 15) is 4.39 Å². The van der Waals surface area contributed by atoms with Crippen LogP contribution < -0.4 is 5.73 Å². The summed E-state index contributed by atoms with van der Waals surface area (Å²) in [6.07, 6.45) is 0. The van der Waals surface area contributed by atoms with E-state index in [-0.39, 0.29) is 5.82 Å². The lowest BCUT2D eigenvalue weighted by Gasteiger charge is -2.03. The number of anilines is 1. The van der Waals surface area contributed by atoms with Gasteiger partial charge in [0.2, 0.25) is 0 Å². The minimum Gasteiger partial charge on any atom is -0.382 e. The third kappa shape index (κ3) is 1.58. The maximum atomic E-state index is 12.8. The Balaban J connectivity index is 2.58. The zero-order valence-electron chi connectivity index (χ0n) is 8.66. The van der Waals surface area contributed by atoms with Crippen molar-refractivity contribution in [1.82, 2.24) is 9.78 Å². The van der Waals surface area contributed by atoms with E-state index in [1.165, 1.54) is 12.1 Å². The molecule has 0 amide bonds. The monoisotopic (exact) mass is 205 g/mol. The van der Waals surface area contributed by atoms with Gasteiger partial charge in [0.15, 0.2) is 0 Å². The first-order valence-corrected chi connectivity index (χ1v) is 4.64. The van der Waals surface area contributed by atoms with Crippen LogP contribution in [0, 0.1) is 12.7 Å². The van der Waals surface area contributed by atoms with Crippen LogP contribution in [0.1, 0.15) is 5.56 Å². The molecule has 0 saturated carbocycles. The van der Waals surface area contributed by atoms with Crippen LogP contribution in [0.3, 0.4) is 0 Å². The fraction of sp³-hybridized carbons (Fsp3) is 0.182. The Hall–Kier alpha value is -1.84. The average molecular weight is 205 g/mol. The molecule has 0 aliphatic carbocycles. The largest absolute Gasteiger partial charge is 0.382 e. The molecule has 1 aromatic carbocycles. The number of benzene rings is 1. The molecule has 0 bridgehead atoms. The molecule has 3 nitrogen and oxygen atoms in total. The predicted molar refractivity (Wildman–Crippen MR) is 57.8 cm³/mol. The number of halogens is 1. The van der Waals surface area contributed by atoms with E-state index in [2.05, 4.69) is 5.10 Å². The second-order valence-corrected chi connectivity index (χ2v) is 3.49. The second kappa shape index (κ2) is 3.38. The number of nitrogens with zero attached hydrogens (tertiary/aromatic N) is 2. The van der Waals surface area contributed by atoms with E-state index in [0.717, 1.165) is 16.8 Å². The van der Waals surface area contributed by atoms with Crippen LogP contribution in [0.5, 0.6) is 0 Å². The number of hydrogen-bond acceptors (Lipinski definition) is 2. The summed E-state index contributed by atoms with van der Waals surface area (Å²) in [6.45, 7) is 1.90. The molecule has 1 heterocycles. The summed E-state index contributed by atoms with van der Waals surface area (Å²) in [5.74, 6) is 0.267. The van der Waals surface area contributed by atoms with Gasteiger partial charge in [-0.25, -0.2) is 4.39 Å². The molecule has 15 heavy (non-hydrogen) atoms. The van der Waals surface area contributed by atoms with Gasteiger partial charge in [-0.1, -0.05) is 0 Å². The van der Waals surface area contributed by atoms with Crippen molar-refractivity contribution < 1.29 is 4.39 Å². The molecule has 0 atom stereocenters. The lowest BCUT2D eigenvalue weighted by molar-refractivity contribution is 0.628. The molecule has 1 aromatic heterocycles. The van der Waals surface area contributed by atoms with Gasteiger partial charge in [0, 0.05) is 18.2 Å². The van der Waals surface area contributed by atoms with Crippen molar-refractivity contribution in [2.75, 3.05) is 5.73 Å². The highest BCUT2D eigenvalue weighted by Crippen LogP contribution is 2.26. The molecule has 4 heteroatoms. The molecule has 0 saturated heterocycles. The summed E-state index contributed by atoms with van der Waals surface area (Å²) in [5, 5.41) is 4.11. The maximum Gasteiger partial charge on any atom is 0.148 e. The number of aryl methyl sites for hydroxylation is 1. The van der Waals surface area contributed by atoms with Gasteiger partial charge in [-0.05, 0) is 31.2 Å². The third-order valence-corrected chi connectivity index (χ3v) is 2.44. The minimum atomic E-state index is -0.244. The summed E-state index contributed by atoms with van der Waals surface area (Å²) in [6, 6.07) is 6.30. The highest BCUT2D eigenvalue weighted by molar-refractivity contribution is 5.68. The molecule has 78 valence electrons. The zero-order chi connectivity index (χ0) is 11.0. The topological polar surface area (TPSA) is 43.8 Å². The molecule has 2 N–H and O–H groups in total. The van der Waals surface area contributed by atoms with E-state index in [0.29, 0.717) is 5.82 Å². The first-order chi connectivity index (χ1) is 7.09. The first-order valence-electron chi connectivity index (χ1n) is 4.64. The molecular formula is C11H12FN3. The van der Waals surface area contributed by atoms with Crippen LogP contribution in [0.15, 0.2) is 24.3 Å². The molecule has 0 aliphatic rings. The Morgan fingerprint density at radius 2 is 1.87 bits per heavy atom. The van der Waals surface area contributed by atoms with Gasteiger partial charge in [-0.3, -0.25) is 4.68 Å². The number of rotatable bonds is 1. The Morgan fingerprint density at radius 3 is 2.33 bits per heavy atom. The second-order valence-electron chi connectivity index (χ2n) is 3.49. The van der Waals surface area contributed by atoms with Crippen LogP contribution in [-0.2, 0) is 7.05 Å². The number of hydrogen-bond donors (Lipinski definition) is 1. The summed E-state index contributed by atoms with van der Waals surface area (Å²) >= 11 is 0. The van der Waals surface area contributed by atoms with Crippen molar-refractivity contribution >= 4 is 5.82 Å². The fourth-order valence-corrected chi connectivity index (χ4v) is 1.66. The van der Waals surface area contributed by atoms with Crippen LogP contribution >= 0.6 is 0 Å². The summed E-state index contributed by atoms with van der Waals surface area (Å²) in [5.41, 5.74) is 8.46. The zero-order valence-corrected chi connectivity index (χ0v) is 8.66. The van der Waals surface area contributed by atoms with Gasteiger partial charge in [0.05, 0.1) is 5.69 Å². The SMILES string of the molecule is Cc1c(N)nn(C)c1-c1ccc(F)cc1. The summed E-state index contributed by atoms with van der Waals surface area (Å²) < 4.78 is 14.5. The Morgan fingerprint density at radius 1 is 1.27 bits per heavy atom.